The normalized spacial score (nSPS) is 38.8. The van der Waals surface area contributed by atoms with Gasteiger partial charge in [0.1, 0.15) is 18.3 Å². The first-order valence-electron chi connectivity index (χ1n) is 8.88. The van der Waals surface area contributed by atoms with Crippen LogP contribution in [0.4, 0.5) is 0 Å². The molecule has 2 unspecified atom stereocenters. The number of hydrogen-bond donors (Lipinski definition) is 3. The Kier molecular flexibility index (Phi) is 6.62. The van der Waals surface area contributed by atoms with Gasteiger partial charge in [0.05, 0.1) is 14.2 Å². The zero-order chi connectivity index (χ0) is 19.5. The molecule has 3 N–H and O–H groups in total. The molecule has 2 saturated heterocycles. The molecule has 0 amide bonds. The topological polar surface area (TPSA) is 132 Å². The minimum absolute atomic E-state index is 0.191. The molecule has 0 aromatic heterocycles. The summed E-state index contributed by atoms with van der Waals surface area (Å²) in [5.41, 5.74) is -2.63. The van der Waals surface area contributed by atoms with Crippen molar-refractivity contribution in [2.45, 2.75) is 81.3 Å². The van der Waals surface area contributed by atoms with Crippen LogP contribution in [0.25, 0.3) is 0 Å². The molecule has 6 atom stereocenters. The summed E-state index contributed by atoms with van der Waals surface area (Å²) < 4.78 is 20.4. The van der Waals surface area contributed by atoms with Crippen LogP contribution in [0.1, 0.15) is 45.4 Å². The summed E-state index contributed by atoms with van der Waals surface area (Å²) in [7, 11) is 2.09. The zero-order valence-corrected chi connectivity index (χ0v) is 15.3. The van der Waals surface area contributed by atoms with E-state index in [1.165, 1.54) is 0 Å². The third-order valence-electron chi connectivity index (χ3n) is 5.12. The predicted octanol–water partition coefficient (Wildman–Crippen LogP) is -0.360. The zero-order valence-electron chi connectivity index (χ0n) is 15.3. The van der Waals surface area contributed by atoms with E-state index >= 15 is 0 Å². The van der Waals surface area contributed by atoms with Gasteiger partial charge in [0.25, 0.3) is 0 Å². The minimum atomic E-state index is -2.63. The highest BCUT2D eigenvalue weighted by atomic mass is 16.8. The Morgan fingerprint density at radius 3 is 2.27 bits per heavy atom. The molecule has 2 aliphatic rings. The summed E-state index contributed by atoms with van der Waals surface area (Å²) in [6.07, 6.45) is -1.78. The summed E-state index contributed by atoms with van der Waals surface area (Å²) in [4.78, 5) is 24.3. The van der Waals surface area contributed by atoms with Crippen molar-refractivity contribution in [3.8, 4) is 0 Å². The molecule has 2 fully saturated rings. The van der Waals surface area contributed by atoms with Crippen molar-refractivity contribution in [2.24, 2.45) is 0 Å². The van der Waals surface area contributed by atoms with Crippen molar-refractivity contribution < 1.29 is 43.9 Å². The van der Waals surface area contributed by atoms with Gasteiger partial charge in [0, 0.05) is 6.42 Å². The van der Waals surface area contributed by atoms with Crippen molar-refractivity contribution in [3.63, 3.8) is 0 Å². The highest BCUT2D eigenvalue weighted by Crippen LogP contribution is 2.48. The SMILES string of the molecule is CCCCCCC[C@@]12OC([C@H](O)[C@H]1O)C(O)(C(=O)OC)[C@@H](C(=O)OC)O2. The summed E-state index contributed by atoms with van der Waals surface area (Å²) in [6, 6.07) is 0. The average Bonchev–Trinajstić information content (AvgIpc) is 2.86. The molecule has 0 saturated carbocycles. The number of aliphatic hydroxyl groups excluding tert-OH is 2. The number of esters is 2. The van der Waals surface area contributed by atoms with Crippen LogP contribution in [0.5, 0.6) is 0 Å². The minimum Gasteiger partial charge on any atom is -0.467 e. The highest BCUT2D eigenvalue weighted by molar-refractivity contribution is 5.90. The number of ether oxygens (including phenoxy) is 4. The third-order valence-corrected chi connectivity index (χ3v) is 5.12. The van der Waals surface area contributed by atoms with Gasteiger partial charge in [0.2, 0.25) is 11.7 Å². The Bertz CT molecular complexity index is 524. The monoisotopic (exact) mass is 376 g/mol. The maximum atomic E-state index is 12.2. The van der Waals surface area contributed by atoms with Gasteiger partial charge in [-0.1, -0.05) is 32.6 Å². The van der Waals surface area contributed by atoms with E-state index in [0.29, 0.717) is 6.42 Å². The van der Waals surface area contributed by atoms with Crippen LogP contribution in [-0.4, -0.2) is 77.3 Å². The standard InChI is InChI=1S/C17H28O9/c1-4-5-6-7-8-9-16-11(19)10(18)12(25-16)17(22,15(21)24-3)13(26-16)14(20)23-2/h10-13,18-19,22H,4-9H2,1-3H3/t10-,11-,12?,13-,16+,17?/m1/s1. The van der Waals surface area contributed by atoms with Crippen LogP contribution < -0.4 is 0 Å². The van der Waals surface area contributed by atoms with Gasteiger partial charge < -0.3 is 34.3 Å². The predicted molar refractivity (Wildman–Crippen MR) is 86.8 cm³/mol. The molecule has 9 heteroatoms. The lowest BCUT2D eigenvalue weighted by Crippen LogP contribution is -2.68. The molecule has 2 aliphatic heterocycles. The second kappa shape index (κ2) is 8.18. The van der Waals surface area contributed by atoms with E-state index in [4.69, 9.17) is 9.47 Å². The van der Waals surface area contributed by atoms with Gasteiger partial charge in [-0.05, 0) is 6.42 Å². The maximum Gasteiger partial charge on any atom is 0.344 e. The van der Waals surface area contributed by atoms with Crippen LogP contribution in [-0.2, 0) is 28.5 Å². The van der Waals surface area contributed by atoms with Gasteiger partial charge in [-0.25, -0.2) is 9.59 Å². The Hall–Kier alpha value is -1.26. The van der Waals surface area contributed by atoms with Crippen molar-refractivity contribution in [3.05, 3.63) is 0 Å². The highest BCUT2D eigenvalue weighted by Gasteiger charge is 2.73. The lowest BCUT2D eigenvalue weighted by molar-refractivity contribution is -0.352. The van der Waals surface area contributed by atoms with E-state index in [9.17, 15) is 24.9 Å². The number of aliphatic hydroxyl groups is 3. The van der Waals surface area contributed by atoms with E-state index in [1.54, 1.807) is 0 Å². The molecule has 0 spiro atoms. The summed E-state index contributed by atoms with van der Waals surface area (Å²) >= 11 is 0. The van der Waals surface area contributed by atoms with Crippen LogP contribution in [0.3, 0.4) is 0 Å². The molecular formula is C17H28O9. The summed E-state index contributed by atoms with van der Waals surface area (Å²) in [6.45, 7) is 2.09. The fourth-order valence-electron chi connectivity index (χ4n) is 3.63. The fourth-order valence-corrected chi connectivity index (χ4v) is 3.63. The van der Waals surface area contributed by atoms with Gasteiger partial charge in [-0.2, -0.15) is 0 Å². The molecule has 0 aliphatic carbocycles. The first-order valence-corrected chi connectivity index (χ1v) is 8.88. The van der Waals surface area contributed by atoms with Gasteiger partial charge in [-0.3, -0.25) is 0 Å². The summed E-state index contributed by atoms with van der Waals surface area (Å²) in [5.74, 6) is -3.94. The number of carbonyl (C=O) groups is 2. The maximum absolute atomic E-state index is 12.2. The Morgan fingerprint density at radius 1 is 1.04 bits per heavy atom. The van der Waals surface area contributed by atoms with Crippen LogP contribution >= 0.6 is 0 Å². The molecule has 0 aromatic rings. The molecule has 2 heterocycles. The largest absolute Gasteiger partial charge is 0.467 e. The van der Waals surface area contributed by atoms with E-state index in [0.717, 1.165) is 39.9 Å². The molecule has 2 bridgehead atoms. The number of unbranched alkanes of at least 4 members (excludes halogenated alkanes) is 4. The van der Waals surface area contributed by atoms with Crippen molar-refractivity contribution in [1.82, 2.24) is 0 Å². The molecule has 9 nitrogen and oxygen atoms in total. The molecule has 26 heavy (non-hydrogen) atoms. The first-order chi connectivity index (χ1) is 12.3. The second-order valence-electron chi connectivity index (χ2n) is 6.79. The molecule has 0 aromatic carbocycles. The van der Waals surface area contributed by atoms with E-state index < -0.39 is 47.7 Å². The Balaban J connectivity index is 2.28. The van der Waals surface area contributed by atoms with Gasteiger partial charge >= 0.3 is 11.9 Å². The van der Waals surface area contributed by atoms with E-state index in [-0.39, 0.29) is 6.42 Å². The molecule has 2 rings (SSSR count). The smallest absolute Gasteiger partial charge is 0.344 e. The number of methoxy groups -OCH3 is 2. The van der Waals surface area contributed by atoms with Crippen LogP contribution in [0.2, 0.25) is 0 Å². The average molecular weight is 376 g/mol. The molecular weight excluding hydrogens is 348 g/mol. The number of rotatable bonds is 8. The van der Waals surface area contributed by atoms with E-state index in [1.807, 2.05) is 0 Å². The number of fused-ring (bicyclic) bond motifs is 2. The van der Waals surface area contributed by atoms with Crippen LogP contribution in [0, 0.1) is 0 Å². The summed E-state index contributed by atoms with van der Waals surface area (Å²) in [5, 5.41) is 31.7. The third kappa shape index (κ3) is 3.34. The Morgan fingerprint density at radius 2 is 1.69 bits per heavy atom. The molecule has 150 valence electrons. The second-order valence-corrected chi connectivity index (χ2v) is 6.79. The lowest BCUT2D eigenvalue weighted by Gasteiger charge is -2.45. The number of carbonyl (C=O) groups excluding carboxylic acids is 2. The van der Waals surface area contributed by atoms with Crippen molar-refractivity contribution >= 4 is 11.9 Å². The fraction of sp³-hybridized carbons (Fsp3) is 0.882. The quantitative estimate of drug-likeness (QED) is 0.384. The Labute approximate surface area is 152 Å². The van der Waals surface area contributed by atoms with Crippen molar-refractivity contribution in [1.29, 1.82) is 0 Å². The van der Waals surface area contributed by atoms with Crippen molar-refractivity contribution in [2.75, 3.05) is 14.2 Å². The first kappa shape index (κ1) is 21.0. The number of hydrogen-bond acceptors (Lipinski definition) is 9. The molecule has 0 radical (unpaired) electrons. The lowest BCUT2D eigenvalue weighted by atomic mass is 9.87. The van der Waals surface area contributed by atoms with E-state index in [2.05, 4.69) is 16.4 Å². The van der Waals surface area contributed by atoms with Gasteiger partial charge in [-0.15, -0.1) is 0 Å². The van der Waals surface area contributed by atoms with Gasteiger partial charge in [0.15, 0.2) is 5.79 Å². The van der Waals surface area contributed by atoms with Crippen LogP contribution in [0.15, 0.2) is 0 Å².